The zero-order chi connectivity index (χ0) is 14.8. The third-order valence-electron chi connectivity index (χ3n) is 3.88. The fraction of sp³-hybridized carbons (Fsp3) is 0.467. The lowest BCUT2D eigenvalue weighted by atomic mass is 10.2. The van der Waals surface area contributed by atoms with Crippen LogP contribution in [0.5, 0.6) is 0 Å². The third kappa shape index (κ3) is 3.23. The molecule has 6 heteroatoms. The minimum absolute atomic E-state index is 0.0880. The fourth-order valence-electron chi connectivity index (χ4n) is 2.49. The van der Waals surface area contributed by atoms with Crippen molar-refractivity contribution in [3.8, 4) is 0 Å². The Bertz CT molecular complexity index is 660. The van der Waals surface area contributed by atoms with Crippen molar-refractivity contribution in [3.63, 3.8) is 0 Å². The molecule has 5 nitrogen and oxygen atoms in total. The lowest BCUT2D eigenvalue weighted by molar-refractivity contribution is 0.185. The maximum Gasteiger partial charge on any atom is 0.198 e. The molecule has 112 valence electrons. The van der Waals surface area contributed by atoms with Crippen molar-refractivity contribution in [2.75, 3.05) is 0 Å². The molecule has 1 aromatic heterocycles. The van der Waals surface area contributed by atoms with Crippen molar-refractivity contribution in [2.24, 2.45) is 7.05 Å². The molecule has 0 amide bonds. The smallest absolute Gasteiger partial charge is 0.198 e. The van der Waals surface area contributed by atoms with Crippen LogP contribution < -0.4 is 0 Å². The van der Waals surface area contributed by atoms with Gasteiger partial charge in [0, 0.05) is 19.6 Å². The lowest BCUT2D eigenvalue weighted by Crippen LogP contribution is -2.29. The maximum absolute atomic E-state index is 9.29. The minimum atomic E-state index is -0.0880. The van der Waals surface area contributed by atoms with Crippen LogP contribution in [0.3, 0.4) is 0 Å². The van der Waals surface area contributed by atoms with Crippen LogP contribution in [0.15, 0.2) is 30.3 Å². The molecule has 21 heavy (non-hydrogen) atoms. The molecule has 1 aliphatic rings. The van der Waals surface area contributed by atoms with Crippen LogP contribution in [0.4, 0.5) is 0 Å². The molecule has 0 spiro atoms. The summed E-state index contributed by atoms with van der Waals surface area (Å²) in [5.74, 6) is 0.607. The van der Waals surface area contributed by atoms with Gasteiger partial charge in [0.1, 0.15) is 6.61 Å². The highest BCUT2D eigenvalue weighted by molar-refractivity contribution is 7.71. The molecular weight excluding hydrogens is 284 g/mol. The Morgan fingerprint density at radius 1 is 1.33 bits per heavy atom. The van der Waals surface area contributed by atoms with Gasteiger partial charge in [-0.3, -0.25) is 4.90 Å². The summed E-state index contributed by atoms with van der Waals surface area (Å²) in [6, 6.07) is 11.1. The molecule has 0 unspecified atom stereocenters. The average molecular weight is 304 g/mol. The monoisotopic (exact) mass is 304 g/mol. The Labute approximate surface area is 129 Å². The second-order valence-corrected chi connectivity index (χ2v) is 5.89. The van der Waals surface area contributed by atoms with Gasteiger partial charge in [0.05, 0.1) is 6.67 Å². The molecule has 2 aromatic rings. The Hall–Kier alpha value is -1.50. The first-order valence-corrected chi connectivity index (χ1v) is 7.61. The number of aromatic nitrogens is 3. The number of rotatable bonds is 6. The first-order chi connectivity index (χ1) is 10.2. The summed E-state index contributed by atoms with van der Waals surface area (Å²) in [5, 5.41) is 13.7. The van der Waals surface area contributed by atoms with Gasteiger partial charge in [0.15, 0.2) is 10.6 Å². The summed E-state index contributed by atoms with van der Waals surface area (Å²) in [4.78, 5) is 2.40. The molecule has 0 aliphatic heterocycles. The number of benzene rings is 1. The highest BCUT2D eigenvalue weighted by Crippen LogP contribution is 2.28. The van der Waals surface area contributed by atoms with Crippen molar-refractivity contribution in [1.82, 2.24) is 19.2 Å². The van der Waals surface area contributed by atoms with Crippen LogP contribution in [0.25, 0.3) is 0 Å². The van der Waals surface area contributed by atoms with E-state index in [0.717, 1.165) is 6.54 Å². The maximum atomic E-state index is 9.29. The van der Waals surface area contributed by atoms with E-state index in [2.05, 4.69) is 34.3 Å². The Balaban J connectivity index is 1.78. The van der Waals surface area contributed by atoms with E-state index in [4.69, 9.17) is 12.2 Å². The summed E-state index contributed by atoms with van der Waals surface area (Å²) in [6.07, 6.45) is 2.47. The lowest BCUT2D eigenvalue weighted by Gasteiger charge is -2.21. The molecular formula is C15H20N4OS. The molecule has 1 fully saturated rings. The average Bonchev–Trinajstić information content (AvgIpc) is 3.31. The Kier molecular flexibility index (Phi) is 4.19. The van der Waals surface area contributed by atoms with Gasteiger partial charge < -0.3 is 9.67 Å². The standard InChI is InChI=1S/C15H20N4OS/c1-17-14(10-20)16-19(15(17)21)11-18(13-7-8-13)9-12-5-3-2-4-6-12/h2-6,13,20H,7-11H2,1H3. The summed E-state index contributed by atoms with van der Waals surface area (Å²) < 4.78 is 4.23. The molecule has 1 saturated carbocycles. The van der Waals surface area contributed by atoms with Crippen molar-refractivity contribution >= 4 is 12.2 Å². The zero-order valence-electron chi connectivity index (χ0n) is 12.1. The number of hydrogen-bond acceptors (Lipinski definition) is 4. The van der Waals surface area contributed by atoms with Crippen molar-refractivity contribution in [1.29, 1.82) is 0 Å². The van der Waals surface area contributed by atoms with E-state index >= 15 is 0 Å². The van der Waals surface area contributed by atoms with Gasteiger partial charge >= 0.3 is 0 Å². The summed E-state index contributed by atoms with van der Waals surface area (Å²) in [5.41, 5.74) is 1.30. The Morgan fingerprint density at radius 2 is 2.05 bits per heavy atom. The molecule has 3 rings (SSSR count). The van der Waals surface area contributed by atoms with E-state index in [1.54, 1.807) is 4.57 Å². The number of nitrogens with zero attached hydrogens (tertiary/aromatic N) is 4. The largest absolute Gasteiger partial charge is 0.388 e. The van der Waals surface area contributed by atoms with Crippen molar-refractivity contribution < 1.29 is 5.11 Å². The van der Waals surface area contributed by atoms with E-state index in [0.29, 0.717) is 23.3 Å². The number of aliphatic hydroxyl groups excluding tert-OH is 1. The SMILES string of the molecule is Cn1c(CO)nn(CN(Cc2ccccc2)C2CC2)c1=S. The summed E-state index contributed by atoms with van der Waals surface area (Å²) in [6.45, 7) is 1.49. The molecule has 0 bridgehead atoms. The number of aliphatic hydroxyl groups is 1. The first kappa shape index (κ1) is 14.4. The molecule has 0 atom stereocenters. The van der Waals surface area contributed by atoms with Gasteiger partial charge in [-0.2, -0.15) is 5.10 Å². The van der Waals surface area contributed by atoms with Gasteiger partial charge in [0.25, 0.3) is 0 Å². The summed E-state index contributed by atoms with van der Waals surface area (Å²) in [7, 11) is 1.84. The second-order valence-electron chi connectivity index (χ2n) is 5.52. The predicted molar refractivity (Wildman–Crippen MR) is 83.0 cm³/mol. The molecule has 1 N–H and O–H groups in total. The topological polar surface area (TPSA) is 46.2 Å². The van der Waals surface area contributed by atoms with Gasteiger partial charge in [-0.1, -0.05) is 30.3 Å². The molecule has 1 heterocycles. The molecule has 1 aliphatic carbocycles. The van der Waals surface area contributed by atoms with Gasteiger partial charge in [-0.05, 0) is 30.6 Å². The van der Waals surface area contributed by atoms with Crippen LogP contribution >= 0.6 is 12.2 Å². The highest BCUT2D eigenvalue weighted by atomic mass is 32.1. The Morgan fingerprint density at radius 3 is 2.62 bits per heavy atom. The molecule has 0 saturated heterocycles. The number of hydrogen-bond donors (Lipinski definition) is 1. The summed E-state index contributed by atoms with van der Waals surface area (Å²) >= 11 is 5.40. The predicted octanol–water partition coefficient (Wildman–Crippen LogP) is 2.07. The van der Waals surface area contributed by atoms with Gasteiger partial charge in [-0.25, -0.2) is 4.68 Å². The van der Waals surface area contributed by atoms with E-state index in [-0.39, 0.29) is 6.61 Å². The minimum Gasteiger partial charge on any atom is -0.388 e. The van der Waals surface area contributed by atoms with Crippen LogP contribution in [-0.4, -0.2) is 30.4 Å². The van der Waals surface area contributed by atoms with Crippen LogP contribution in [0, 0.1) is 4.77 Å². The normalized spacial score (nSPS) is 14.8. The third-order valence-corrected chi connectivity index (χ3v) is 4.36. The fourth-order valence-corrected chi connectivity index (χ4v) is 2.69. The molecule has 1 aromatic carbocycles. The first-order valence-electron chi connectivity index (χ1n) is 7.20. The van der Waals surface area contributed by atoms with Crippen LogP contribution in [0.2, 0.25) is 0 Å². The van der Waals surface area contributed by atoms with Crippen LogP contribution in [0.1, 0.15) is 24.2 Å². The van der Waals surface area contributed by atoms with E-state index in [1.807, 2.05) is 17.8 Å². The van der Waals surface area contributed by atoms with Gasteiger partial charge in [0.2, 0.25) is 0 Å². The van der Waals surface area contributed by atoms with Gasteiger partial charge in [-0.15, -0.1) is 0 Å². The highest BCUT2D eigenvalue weighted by Gasteiger charge is 2.29. The van der Waals surface area contributed by atoms with Crippen LogP contribution in [-0.2, 0) is 26.9 Å². The van der Waals surface area contributed by atoms with Crippen molar-refractivity contribution in [2.45, 2.75) is 38.7 Å². The van der Waals surface area contributed by atoms with E-state index in [1.165, 1.54) is 18.4 Å². The van der Waals surface area contributed by atoms with Crippen molar-refractivity contribution in [3.05, 3.63) is 46.5 Å². The molecule has 0 radical (unpaired) electrons. The zero-order valence-corrected chi connectivity index (χ0v) is 13.0. The van der Waals surface area contributed by atoms with E-state index < -0.39 is 0 Å². The second kappa shape index (κ2) is 6.09. The quantitative estimate of drug-likeness (QED) is 0.830. The van der Waals surface area contributed by atoms with E-state index in [9.17, 15) is 5.11 Å².